The Kier molecular flexibility index (Phi) is 5.74. The first-order valence-corrected chi connectivity index (χ1v) is 9.12. The van der Waals surface area contributed by atoms with Crippen LogP contribution in [0.3, 0.4) is 0 Å². The van der Waals surface area contributed by atoms with Gasteiger partial charge in [-0.15, -0.1) is 0 Å². The maximum absolute atomic E-state index is 10.8. The van der Waals surface area contributed by atoms with Crippen molar-refractivity contribution in [3.8, 4) is 0 Å². The normalized spacial score (nSPS) is 23.4. The molecular weight excluding hydrogens is 302 g/mol. The van der Waals surface area contributed by atoms with E-state index in [-0.39, 0.29) is 6.42 Å². The van der Waals surface area contributed by atoms with E-state index < -0.39 is 5.97 Å². The number of likely N-dealkylation sites (tertiary alicyclic amines) is 1. The predicted octanol–water partition coefficient (Wildman–Crippen LogP) is 2.06. The second kappa shape index (κ2) is 7.99. The first kappa shape index (κ1) is 17.2. The van der Waals surface area contributed by atoms with Crippen LogP contribution in [0.1, 0.15) is 24.8 Å². The molecule has 0 aliphatic carbocycles. The third-order valence-corrected chi connectivity index (χ3v) is 5.41. The molecule has 0 radical (unpaired) electrons. The molecule has 2 aliphatic heterocycles. The van der Waals surface area contributed by atoms with Crippen molar-refractivity contribution in [3.63, 3.8) is 0 Å². The van der Waals surface area contributed by atoms with Gasteiger partial charge in [-0.3, -0.25) is 9.69 Å². The van der Waals surface area contributed by atoms with Gasteiger partial charge in [0.2, 0.25) is 0 Å². The first-order chi connectivity index (χ1) is 11.6. The molecule has 0 spiro atoms. The van der Waals surface area contributed by atoms with Crippen LogP contribution in [0, 0.1) is 6.92 Å². The molecule has 1 N–H and O–H groups in total. The zero-order chi connectivity index (χ0) is 16.9. The van der Waals surface area contributed by atoms with E-state index in [1.54, 1.807) is 0 Å². The van der Waals surface area contributed by atoms with Crippen LogP contribution in [0.5, 0.6) is 0 Å². The highest BCUT2D eigenvalue weighted by atomic mass is 16.4. The second-order valence-electron chi connectivity index (χ2n) is 7.05. The summed E-state index contributed by atoms with van der Waals surface area (Å²) in [5.41, 5.74) is 2.72. The number of rotatable bonds is 5. The predicted molar refractivity (Wildman–Crippen MR) is 96.7 cm³/mol. The summed E-state index contributed by atoms with van der Waals surface area (Å²) in [7, 11) is 0. The molecule has 5 heteroatoms. The Labute approximate surface area is 144 Å². The maximum atomic E-state index is 10.8. The SMILES string of the molecule is Cc1ccccc1N1CCN([C@@H]2CCCN(CCC(=O)O)C2)CC1. The molecule has 1 atom stereocenters. The monoisotopic (exact) mass is 331 g/mol. The molecule has 5 nitrogen and oxygen atoms in total. The van der Waals surface area contributed by atoms with Crippen LogP contribution in [0.2, 0.25) is 0 Å². The van der Waals surface area contributed by atoms with E-state index in [0.717, 1.165) is 39.3 Å². The van der Waals surface area contributed by atoms with E-state index in [2.05, 4.69) is 45.9 Å². The molecule has 0 aromatic heterocycles. The topological polar surface area (TPSA) is 47.0 Å². The number of hydrogen-bond acceptors (Lipinski definition) is 4. The molecule has 3 rings (SSSR count). The van der Waals surface area contributed by atoms with E-state index in [9.17, 15) is 4.79 Å². The van der Waals surface area contributed by atoms with E-state index in [0.29, 0.717) is 12.6 Å². The minimum absolute atomic E-state index is 0.258. The number of carbonyl (C=O) groups is 1. The van der Waals surface area contributed by atoms with Crippen molar-refractivity contribution in [2.45, 2.75) is 32.2 Å². The van der Waals surface area contributed by atoms with Gasteiger partial charge in [0.05, 0.1) is 6.42 Å². The lowest BCUT2D eigenvalue weighted by molar-refractivity contribution is -0.137. The van der Waals surface area contributed by atoms with Crippen molar-refractivity contribution in [1.82, 2.24) is 9.80 Å². The Balaban J connectivity index is 1.51. The number of benzene rings is 1. The molecule has 2 aliphatic rings. The quantitative estimate of drug-likeness (QED) is 0.895. The smallest absolute Gasteiger partial charge is 0.304 e. The van der Waals surface area contributed by atoms with Gasteiger partial charge in [-0.25, -0.2) is 0 Å². The van der Waals surface area contributed by atoms with Gasteiger partial charge in [-0.05, 0) is 37.9 Å². The molecule has 1 aromatic rings. The molecule has 1 aromatic carbocycles. The highest BCUT2D eigenvalue weighted by Crippen LogP contribution is 2.23. The number of nitrogens with zero attached hydrogens (tertiary/aromatic N) is 3. The van der Waals surface area contributed by atoms with Gasteiger partial charge >= 0.3 is 5.97 Å². The van der Waals surface area contributed by atoms with Crippen molar-refractivity contribution in [1.29, 1.82) is 0 Å². The van der Waals surface area contributed by atoms with Crippen LogP contribution < -0.4 is 4.90 Å². The third kappa shape index (κ3) is 4.28. The van der Waals surface area contributed by atoms with Gasteiger partial charge in [0.25, 0.3) is 0 Å². The molecule has 0 unspecified atom stereocenters. The standard InChI is InChI=1S/C19H29N3O2/c1-16-5-2-3-7-18(16)22-13-11-21(12-14-22)17-6-4-9-20(15-17)10-8-19(23)24/h2-3,5,7,17H,4,6,8-15H2,1H3,(H,23,24)/t17-/m1/s1. The molecule has 132 valence electrons. The molecule has 2 saturated heterocycles. The van der Waals surface area contributed by atoms with E-state index in [4.69, 9.17) is 5.11 Å². The van der Waals surface area contributed by atoms with E-state index in [1.807, 2.05) is 0 Å². The first-order valence-electron chi connectivity index (χ1n) is 9.12. The molecule has 0 saturated carbocycles. The van der Waals surface area contributed by atoms with Gasteiger partial charge in [0, 0.05) is 51.0 Å². The van der Waals surface area contributed by atoms with Crippen LogP contribution in [0.25, 0.3) is 0 Å². The van der Waals surface area contributed by atoms with Gasteiger partial charge in [-0.2, -0.15) is 0 Å². The number of piperazine rings is 1. The number of carboxylic acids is 1. The van der Waals surface area contributed by atoms with Gasteiger partial charge in [0.1, 0.15) is 0 Å². The molecule has 2 fully saturated rings. The van der Waals surface area contributed by atoms with Gasteiger partial charge in [0.15, 0.2) is 0 Å². The van der Waals surface area contributed by atoms with Crippen LogP contribution in [-0.2, 0) is 4.79 Å². The highest BCUT2D eigenvalue weighted by Gasteiger charge is 2.28. The summed E-state index contributed by atoms with van der Waals surface area (Å²) >= 11 is 0. The Bertz CT molecular complexity index is 555. The number of aryl methyl sites for hydroxylation is 1. The zero-order valence-corrected chi connectivity index (χ0v) is 14.7. The van der Waals surface area contributed by atoms with E-state index in [1.165, 1.54) is 24.1 Å². The summed E-state index contributed by atoms with van der Waals surface area (Å²) in [5.74, 6) is -0.691. The van der Waals surface area contributed by atoms with Gasteiger partial charge < -0.3 is 14.9 Å². The highest BCUT2D eigenvalue weighted by molar-refractivity contribution is 5.66. The van der Waals surface area contributed by atoms with Crippen LogP contribution in [-0.4, -0.2) is 72.7 Å². The fourth-order valence-corrected chi connectivity index (χ4v) is 4.03. The van der Waals surface area contributed by atoms with Crippen molar-refractivity contribution in [2.24, 2.45) is 0 Å². The molecule has 2 heterocycles. The lowest BCUT2D eigenvalue weighted by atomic mass is 10.0. The third-order valence-electron chi connectivity index (χ3n) is 5.41. The Hall–Kier alpha value is -1.59. The fourth-order valence-electron chi connectivity index (χ4n) is 4.03. The summed E-state index contributed by atoms with van der Waals surface area (Å²) in [6.07, 6.45) is 2.68. The van der Waals surface area contributed by atoms with Crippen LogP contribution in [0.4, 0.5) is 5.69 Å². The number of carboxylic acid groups (broad SMARTS) is 1. The van der Waals surface area contributed by atoms with Crippen molar-refractivity contribution < 1.29 is 9.90 Å². The largest absolute Gasteiger partial charge is 0.481 e. The minimum Gasteiger partial charge on any atom is -0.481 e. The maximum Gasteiger partial charge on any atom is 0.304 e. The van der Waals surface area contributed by atoms with Crippen molar-refractivity contribution in [2.75, 3.05) is 50.7 Å². The zero-order valence-electron chi connectivity index (χ0n) is 14.7. The number of piperidine rings is 1. The minimum atomic E-state index is -0.691. The summed E-state index contributed by atoms with van der Waals surface area (Å²) < 4.78 is 0. The Morgan fingerprint density at radius 1 is 1.17 bits per heavy atom. The average molecular weight is 331 g/mol. The van der Waals surface area contributed by atoms with Gasteiger partial charge in [-0.1, -0.05) is 18.2 Å². The summed E-state index contributed by atoms with van der Waals surface area (Å²) in [5, 5.41) is 8.88. The van der Waals surface area contributed by atoms with Crippen LogP contribution >= 0.6 is 0 Å². The number of para-hydroxylation sites is 1. The Morgan fingerprint density at radius 2 is 1.92 bits per heavy atom. The number of aliphatic carboxylic acids is 1. The molecule has 0 bridgehead atoms. The van der Waals surface area contributed by atoms with Crippen molar-refractivity contribution >= 4 is 11.7 Å². The average Bonchev–Trinajstić information content (AvgIpc) is 2.61. The number of anilines is 1. The van der Waals surface area contributed by atoms with Crippen LogP contribution in [0.15, 0.2) is 24.3 Å². The molecule has 24 heavy (non-hydrogen) atoms. The summed E-state index contributed by atoms with van der Waals surface area (Å²) in [6.45, 7) is 9.31. The lowest BCUT2D eigenvalue weighted by Gasteiger charge is -2.44. The van der Waals surface area contributed by atoms with E-state index >= 15 is 0 Å². The van der Waals surface area contributed by atoms with Crippen molar-refractivity contribution in [3.05, 3.63) is 29.8 Å². The number of hydrogen-bond donors (Lipinski definition) is 1. The summed E-state index contributed by atoms with van der Waals surface area (Å²) in [6, 6.07) is 9.22. The second-order valence-corrected chi connectivity index (χ2v) is 7.05. The molecule has 0 amide bonds. The fraction of sp³-hybridized carbons (Fsp3) is 0.632. The Morgan fingerprint density at radius 3 is 2.62 bits per heavy atom. The summed E-state index contributed by atoms with van der Waals surface area (Å²) in [4.78, 5) is 18.2. The lowest BCUT2D eigenvalue weighted by Crippen LogP contribution is -2.55. The molecular formula is C19H29N3O2.